The molecule has 1 fully saturated rings. The Morgan fingerprint density at radius 2 is 2.25 bits per heavy atom. The minimum atomic E-state index is -0.0830. The lowest BCUT2D eigenvalue weighted by Crippen LogP contribution is -2.45. The number of likely N-dealkylation sites (N-methyl/N-ethyl adjacent to an activating group) is 2. The Balaban J connectivity index is 2.24. The van der Waals surface area contributed by atoms with E-state index < -0.39 is 0 Å². The quantitative estimate of drug-likeness (QED) is 0.813. The molecular weight excluding hydrogens is 252 g/mol. The number of hydrogen-bond donors (Lipinski definition) is 2. The van der Waals surface area contributed by atoms with Gasteiger partial charge in [-0.3, -0.25) is 4.79 Å². The van der Waals surface area contributed by atoms with Crippen LogP contribution in [0.4, 0.5) is 11.4 Å². The molecule has 2 rings (SSSR count). The van der Waals surface area contributed by atoms with Crippen LogP contribution in [0.5, 0.6) is 0 Å². The molecule has 1 saturated heterocycles. The average molecular weight is 276 g/mol. The number of benzene rings is 1. The lowest BCUT2D eigenvalue weighted by molar-refractivity contribution is 0.0963. The number of nitrogen functional groups attached to an aromatic ring is 1. The van der Waals surface area contributed by atoms with Crippen LogP contribution in [-0.4, -0.2) is 51.1 Å². The van der Waals surface area contributed by atoms with Crippen LogP contribution in [0.25, 0.3) is 0 Å². The van der Waals surface area contributed by atoms with Gasteiger partial charge in [0.05, 0.1) is 11.4 Å². The second-order valence-electron chi connectivity index (χ2n) is 5.52. The van der Waals surface area contributed by atoms with Crippen LogP contribution in [0.1, 0.15) is 23.2 Å². The van der Waals surface area contributed by atoms with Crippen LogP contribution in [0, 0.1) is 0 Å². The minimum Gasteiger partial charge on any atom is -0.397 e. The van der Waals surface area contributed by atoms with Gasteiger partial charge in [0.25, 0.3) is 5.91 Å². The van der Waals surface area contributed by atoms with Crippen LogP contribution in [-0.2, 0) is 0 Å². The highest BCUT2D eigenvalue weighted by atomic mass is 16.1. The average Bonchev–Trinajstić information content (AvgIpc) is 2.46. The van der Waals surface area contributed by atoms with Crippen molar-refractivity contribution in [1.82, 2.24) is 10.2 Å². The van der Waals surface area contributed by atoms with Gasteiger partial charge in [-0.15, -0.1) is 0 Å². The fraction of sp³-hybridized carbons (Fsp3) is 0.533. The van der Waals surface area contributed by atoms with Crippen molar-refractivity contribution in [3.63, 3.8) is 0 Å². The number of piperidine rings is 1. The van der Waals surface area contributed by atoms with E-state index in [0.29, 0.717) is 17.3 Å². The smallest absolute Gasteiger partial charge is 0.251 e. The number of nitrogens with two attached hydrogens (primary N) is 1. The Morgan fingerprint density at radius 1 is 1.50 bits per heavy atom. The van der Waals surface area contributed by atoms with Crippen LogP contribution in [0.15, 0.2) is 18.2 Å². The minimum absolute atomic E-state index is 0.0830. The summed E-state index contributed by atoms with van der Waals surface area (Å²) in [4.78, 5) is 16.3. The molecule has 0 bridgehead atoms. The van der Waals surface area contributed by atoms with E-state index in [0.717, 1.165) is 25.2 Å². The normalized spacial score (nSPS) is 19.6. The summed E-state index contributed by atoms with van der Waals surface area (Å²) < 4.78 is 0. The van der Waals surface area contributed by atoms with E-state index in [1.807, 2.05) is 12.1 Å². The molecule has 0 aliphatic carbocycles. The summed E-state index contributed by atoms with van der Waals surface area (Å²) in [5.74, 6) is -0.0830. The standard InChI is InChI=1S/C15H24N4O/c1-17-15(20)11-6-7-13(16)14(9-11)19(3)12-5-4-8-18(2)10-12/h6-7,9,12H,4-5,8,10,16H2,1-3H3,(H,17,20). The number of likely N-dealkylation sites (tertiary alicyclic amines) is 1. The lowest BCUT2D eigenvalue weighted by Gasteiger charge is -2.37. The number of hydrogen-bond acceptors (Lipinski definition) is 4. The Bertz CT molecular complexity index is 489. The van der Waals surface area contributed by atoms with E-state index in [1.54, 1.807) is 13.1 Å². The van der Waals surface area contributed by atoms with Gasteiger partial charge in [0.15, 0.2) is 0 Å². The van der Waals surface area contributed by atoms with Gasteiger partial charge in [-0.25, -0.2) is 0 Å². The molecule has 110 valence electrons. The van der Waals surface area contributed by atoms with Crippen LogP contribution < -0.4 is 16.0 Å². The summed E-state index contributed by atoms with van der Waals surface area (Å²) in [5.41, 5.74) is 8.38. The molecule has 0 radical (unpaired) electrons. The van der Waals surface area contributed by atoms with Gasteiger partial charge in [-0.1, -0.05) is 0 Å². The molecule has 3 N–H and O–H groups in total. The molecule has 5 nitrogen and oxygen atoms in total. The van der Waals surface area contributed by atoms with Crippen molar-refractivity contribution in [3.8, 4) is 0 Å². The zero-order valence-corrected chi connectivity index (χ0v) is 12.5. The molecule has 1 amide bonds. The van der Waals surface area contributed by atoms with E-state index in [1.165, 1.54) is 6.42 Å². The van der Waals surface area contributed by atoms with Gasteiger partial charge < -0.3 is 20.9 Å². The number of amides is 1. The molecule has 5 heteroatoms. The zero-order valence-electron chi connectivity index (χ0n) is 12.5. The Kier molecular flexibility index (Phi) is 4.49. The number of carbonyl (C=O) groups excluding carboxylic acids is 1. The fourth-order valence-corrected chi connectivity index (χ4v) is 2.79. The molecule has 1 atom stereocenters. The summed E-state index contributed by atoms with van der Waals surface area (Å²) in [7, 11) is 5.84. The first kappa shape index (κ1) is 14.7. The fourth-order valence-electron chi connectivity index (χ4n) is 2.79. The third-order valence-corrected chi connectivity index (χ3v) is 4.05. The maximum absolute atomic E-state index is 11.7. The van der Waals surface area contributed by atoms with Crippen LogP contribution >= 0.6 is 0 Å². The van der Waals surface area contributed by atoms with E-state index in [-0.39, 0.29) is 5.91 Å². The molecule has 20 heavy (non-hydrogen) atoms. The topological polar surface area (TPSA) is 61.6 Å². The lowest BCUT2D eigenvalue weighted by atomic mass is 10.0. The van der Waals surface area contributed by atoms with Crippen molar-refractivity contribution >= 4 is 17.3 Å². The number of nitrogens with zero attached hydrogens (tertiary/aromatic N) is 2. The van der Waals surface area contributed by atoms with Gasteiger partial charge >= 0.3 is 0 Å². The molecule has 1 aliphatic heterocycles. The van der Waals surface area contributed by atoms with Gasteiger partial charge in [-0.2, -0.15) is 0 Å². The predicted molar refractivity (Wildman–Crippen MR) is 83.2 cm³/mol. The highest BCUT2D eigenvalue weighted by Gasteiger charge is 2.23. The van der Waals surface area contributed by atoms with Gasteiger partial charge in [0.1, 0.15) is 0 Å². The summed E-state index contributed by atoms with van der Waals surface area (Å²) in [6.45, 7) is 2.18. The Morgan fingerprint density at radius 3 is 2.90 bits per heavy atom. The first-order valence-corrected chi connectivity index (χ1v) is 7.06. The molecule has 0 spiro atoms. The molecule has 1 aliphatic rings. The molecule has 1 aromatic rings. The van der Waals surface area contributed by atoms with Crippen molar-refractivity contribution in [1.29, 1.82) is 0 Å². The maximum Gasteiger partial charge on any atom is 0.251 e. The van der Waals surface area contributed by atoms with Crippen molar-refractivity contribution in [2.45, 2.75) is 18.9 Å². The highest BCUT2D eigenvalue weighted by molar-refractivity contribution is 5.96. The van der Waals surface area contributed by atoms with E-state index in [9.17, 15) is 4.79 Å². The van der Waals surface area contributed by atoms with Crippen LogP contribution in [0.3, 0.4) is 0 Å². The Hall–Kier alpha value is -1.75. The first-order valence-electron chi connectivity index (χ1n) is 7.06. The van der Waals surface area contributed by atoms with Crippen molar-refractivity contribution in [3.05, 3.63) is 23.8 Å². The van der Waals surface area contributed by atoms with Crippen LogP contribution in [0.2, 0.25) is 0 Å². The summed E-state index contributed by atoms with van der Waals surface area (Å²) in [6.07, 6.45) is 2.35. The van der Waals surface area contributed by atoms with E-state index in [4.69, 9.17) is 5.73 Å². The highest BCUT2D eigenvalue weighted by Crippen LogP contribution is 2.27. The van der Waals surface area contributed by atoms with Crippen molar-refractivity contribution in [2.75, 3.05) is 44.9 Å². The largest absolute Gasteiger partial charge is 0.397 e. The third kappa shape index (κ3) is 3.04. The molecule has 1 unspecified atom stereocenters. The molecular formula is C15H24N4O. The molecule has 0 saturated carbocycles. The predicted octanol–water partition coefficient (Wildman–Crippen LogP) is 1.16. The Labute approximate surface area is 120 Å². The molecule has 1 heterocycles. The third-order valence-electron chi connectivity index (χ3n) is 4.05. The second kappa shape index (κ2) is 6.13. The monoisotopic (exact) mass is 276 g/mol. The van der Waals surface area contributed by atoms with Gasteiger partial charge in [0.2, 0.25) is 0 Å². The number of nitrogens with one attached hydrogen (secondary N) is 1. The number of carbonyl (C=O) groups is 1. The summed E-state index contributed by atoms with van der Waals surface area (Å²) >= 11 is 0. The second-order valence-corrected chi connectivity index (χ2v) is 5.52. The van der Waals surface area contributed by atoms with E-state index >= 15 is 0 Å². The molecule has 1 aromatic carbocycles. The molecule has 0 aromatic heterocycles. The van der Waals surface area contributed by atoms with Gasteiger partial charge in [-0.05, 0) is 44.6 Å². The number of rotatable bonds is 3. The van der Waals surface area contributed by atoms with Crippen molar-refractivity contribution < 1.29 is 4.79 Å². The first-order chi connectivity index (χ1) is 9.52. The van der Waals surface area contributed by atoms with Gasteiger partial charge in [0, 0.05) is 32.2 Å². The maximum atomic E-state index is 11.7. The number of anilines is 2. The van der Waals surface area contributed by atoms with Crippen molar-refractivity contribution in [2.24, 2.45) is 0 Å². The summed E-state index contributed by atoms with van der Waals surface area (Å²) in [6, 6.07) is 5.89. The van der Waals surface area contributed by atoms with E-state index in [2.05, 4.69) is 29.2 Å². The SMILES string of the molecule is CNC(=O)c1ccc(N)c(N(C)C2CCCN(C)C2)c1. The summed E-state index contributed by atoms with van der Waals surface area (Å²) in [5, 5.41) is 2.65. The zero-order chi connectivity index (χ0) is 14.7.